The maximum Gasteiger partial charge on any atom is 0.271 e. The molecule has 7 heteroatoms. The van der Waals surface area contributed by atoms with Gasteiger partial charge < -0.3 is 19.8 Å². The van der Waals surface area contributed by atoms with Crippen LogP contribution in [0.4, 0.5) is 0 Å². The summed E-state index contributed by atoms with van der Waals surface area (Å²) in [6.45, 7) is 2.68. The molecule has 3 heterocycles. The van der Waals surface area contributed by atoms with Crippen molar-refractivity contribution in [2.75, 3.05) is 33.2 Å². The van der Waals surface area contributed by atoms with E-state index >= 15 is 0 Å². The third-order valence-corrected chi connectivity index (χ3v) is 5.81. The van der Waals surface area contributed by atoms with Crippen molar-refractivity contribution in [2.24, 2.45) is 7.05 Å². The number of para-hydroxylation sites is 1. The minimum absolute atomic E-state index is 0.0950. The van der Waals surface area contributed by atoms with Gasteiger partial charge in [0.1, 0.15) is 11.7 Å². The number of aromatic amines is 1. The van der Waals surface area contributed by atoms with Gasteiger partial charge in [0.25, 0.3) is 5.91 Å². The lowest BCUT2D eigenvalue weighted by Gasteiger charge is -2.40. The standard InChI is InChI=1S/C22H27N5O2/c1-23-21(28)20-15-26(11-9-16-14-24-18-7-4-3-6-17(16)18)12-13-27(20)22(29)19-8-5-10-25(19)2/h3-8,10,14,20,24H,9,11-13,15H2,1-2H3,(H,23,28). The van der Waals surface area contributed by atoms with Crippen molar-refractivity contribution in [2.45, 2.75) is 12.5 Å². The Kier molecular flexibility index (Phi) is 5.40. The lowest BCUT2D eigenvalue weighted by Crippen LogP contribution is -2.60. The highest BCUT2D eigenvalue weighted by Crippen LogP contribution is 2.20. The van der Waals surface area contributed by atoms with Crippen molar-refractivity contribution in [3.8, 4) is 0 Å². The Morgan fingerprint density at radius 3 is 2.76 bits per heavy atom. The van der Waals surface area contributed by atoms with Gasteiger partial charge in [0, 0.05) is 63.6 Å². The Morgan fingerprint density at radius 1 is 1.17 bits per heavy atom. The van der Waals surface area contributed by atoms with Crippen molar-refractivity contribution >= 4 is 22.7 Å². The van der Waals surface area contributed by atoms with Gasteiger partial charge in [-0.15, -0.1) is 0 Å². The van der Waals surface area contributed by atoms with Gasteiger partial charge in [0.05, 0.1) is 0 Å². The molecule has 1 aliphatic heterocycles. The van der Waals surface area contributed by atoms with Crippen LogP contribution in [0.25, 0.3) is 10.9 Å². The van der Waals surface area contributed by atoms with Crippen molar-refractivity contribution < 1.29 is 9.59 Å². The Bertz CT molecular complexity index is 1020. The monoisotopic (exact) mass is 393 g/mol. The molecule has 1 aliphatic rings. The summed E-state index contributed by atoms with van der Waals surface area (Å²) in [5.41, 5.74) is 3.02. The fourth-order valence-corrected chi connectivity index (χ4v) is 4.12. The number of aryl methyl sites for hydroxylation is 1. The predicted octanol–water partition coefficient (Wildman–Crippen LogP) is 1.62. The average molecular weight is 393 g/mol. The highest BCUT2D eigenvalue weighted by molar-refractivity contribution is 5.96. The van der Waals surface area contributed by atoms with Crippen LogP contribution in [0.15, 0.2) is 48.8 Å². The summed E-state index contributed by atoms with van der Waals surface area (Å²) in [4.78, 5) is 32.9. The highest BCUT2D eigenvalue weighted by Gasteiger charge is 2.35. The summed E-state index contributed by atoms with van der Waals surface area (Å²) in [5, 5.41) is 3.97. The minimum atomic E-state index is -0.487. The average Bonchev–Trinajstić information content (AvgIpc) is 3.37. The second-order valence-electron chi connectivity index (χ2n) is 7.54. The van der Waals surface area contributed by atoms with Crippen LogP contribution in [-0.4, -0.2) is 70.4 Å². The zero-order valence-electron chi connectivity index (χ0n) is 16.9. The second kappa shape index (κ2) is 8.13. The second-order valence-corrected chi connectivity index (χ2v) is 7.54. The van der Waals surface area contributed by atoms with Crippen molar-refractivity contribution in [1.29, 1.82) is 0 Å². The molecule has 1 atom stereocenters. The van der Waals surface area contributed by atoms with E-state index in [1.54, 1.807) is 22.6 Å². The molecule has 3 aromatic rings. The molecule has 29 heavy (non-hydrogen) atoms. The molecule has 0 aliphatic carbocycles. The minimum Gasteiger partial charge on any atom is -0.361 e. The molecule has 2 N–H and O–H groups in total. The van der Waals surface area contributed by atoms with Gasteiger partial charge in [-0.3, -0.25) is 14.5 Å². The Balaban J connectivity index is 1.46. The van der Waals surface area contributed by atoms with E-state index in [0.717, 1.165) is 25.0 Å². The van der Waals surface area contributed by atoms with Crippen LogP contribution < -0.4 is 5.32 Å². The zero-order chi connectivity index (χ0) is 20.4. The number of rotatable bonds is 5. The number of hydrogen-bond donors (Lipinski definition) is 2. The van der Waals surface area contributed by atoms with Gasteiger partial charge in [-0.1, -0.05) is 18.2 Å². The molecule has 2 aromatic heterocycles. The normalized spacial score (nSPS) is 17.6. The van der Waals surface area contributed by atoms with Gasteiger partial charge in [-0.2, -0.15) is 0 Å². The Labute approximate surface area is 170 Å². The zero-order valence-corrected chi connectivity index (χ0v) is 16.9. The maximum absolute atomic E-state index is 13.0. The molecular weight excluding hydrogens is 366 g/mol. The van der Waals surface area contributed by atoms with Crippen LogP contribution in [0.5, 0.6) is 0 Å². The molecule has 0 radical (unpaired) electrons. The van der Waals surface area contributed by atoms with Crippen LogP contribution in [0.1, 0.15) is 16.1 Å². The molecule has 0 spiro atoms. The van der Waals surface area contributed by atoms with Gasteiger partial charge in [-0.05, 0) is 30.2 Å². The van der Waals surface area contributed by atoms with Crippen LogP contribution in [0.3, 0.4) is 0 Å². The third-order valence-electron chi connectivity index (χ3n) is 5.81. The van der Waals surface area contributed by atoms with Gasteiger partial charge >= 0.3 is 0 Å². The van der Waals surface area contributed by atoms with Gasteiger partial charge in [0.15, 0.2) is 0 Å². The number of benzene rings is 1. The molecule has 0 saturated carbocycles. The summed E-state index contributed by atoms with van der Waals surface area (Å²) in [6, 6.07) is 11.4. The molecule has 1 aromatic carbocycles. The maximum atomic E-state index is 13.0. The van der Waals surface area contributed by atoms with Crippen molar-refractivity contribution in [3.63, 3.8) is 0 Å². The molecule has 1 fully saturated rings. The molecular formula is C22H27N5O2. The van der Waals surface area contributed by atoms with Crippen LogP contribution >= 0.6 is 0 Å². The number of fused-ring (bicyclic) bond motifs is 1. The van der Waals surface area contributed by atoms with Gasteiger partial charge in [0.2, 0.25) is 5.91 Å². The highest BCUT2D eigenvalue weighted by atomic mass is 16.2. The number of H-pyrrole nitrogens is 1. The third kappa shape index (κ3) is 3.78. The smallest absolute Gasteiger partial charge is 0.271 e. The molecule has 7 nitrogen and oxygen atoms in total. The Morgan fingerprint density at radius 2 is 2.00 bits per heavy atom. The van der Waals surface area contributed by atoms with Crippen LogP contribution in [0.2, 0.25) is 0 Å². The number of carbonyl (C=O) groups is 2. The number of aromatic nitrogens is 2. The molecule has 152 valence electrons. The molecule has 1 unspecified atom stereocenters. The summed E-state index contributed by atoms with van der Waals surface area (Å²) < 4.78 is 1.80. The largest absolute Gasteiger partial charge is 0.361 e. The Hall–Kier alpha value is -3.06. The number of nitrogens with one attached hydrogen (secondary N) is 2. The predicted molar refractivity (Wildman–Crippen MR) is 113 cm³/mol. The number of piperazine rings is 1. The van der Waals surface area contributed by atoms with E-state index in [4.69, 9.17) is 0 Å². The van der Waals surface area contributed by atoms with Crippen molar-refractivity contribution in [1.82, 2.24) is 24.7 Å². The summed E-state index contributed by atoms with van der Waals surface area (Å²) in [7, 11) is 3.47. The fourth-order valence-electron chi connectivity index (χ4n) is 4.12. The summed E-state index contributed by atoms with van der Waals surface area (Å²) in [6.07, 6.45) is 4.81. The number of likely N-dealkylation sites (N-methyl/N-ethyl adjacent to an activating group) is 1. The van der Waals surface area contributed by atoms with Crippen LogP contribution in [-0.2, 0) is 18.3 Å². The summed E-state index contributed by atoms with van der Waals surface area (Å²) in [5.74, 6) is -0.216. The van der Waals surface area contributed by atoms with E-state index < -0.39 is 6.04 Å². The van der Waals surface area contributed by atoms with E-state index in [9.17, 15) is 9.59 Å². The van der Waals surface area contributed by atoms with Gasteiger partial charge in [-0.25, -0.2) is 0 Å². The number of nitrogens with zero attached hydrogens (tertiary/aromatic N) is 3. The first kappa shape index (κ1) is 19.3. The molecule has 4 rings (SSSR count). The first-order chi connectivity index (χ1) is 14.1. The molecule has 0 bridgehead atoms. The van der Waals surface area contributed by atoms with E-state index in [2.05, 4.69) is 39.6 Å². The first-order valence-corrected chi connectivity index (χ1v) is 9.99. The topological polar surface area (TPSA) is 73.4 Å². The number of hydrogen-bond acceptors (Lipinski definition) is 3. The van der Waals surface area contributed by atoms with E-state index in [0.29, 0.717) is 18.8 Å². The lowest BCUT2D eigenvalue weighted by molar-refractivity contribution is -0.127. The van der Waals surface area contributed by atoms with Crippen molar-refractivity contribution in [3.05, 3.63) is 60.0 Å². The first-order valence-electron chi connectivity index (χ1n) is 9.99. The van der Waals surface area contributed by atoms with E-state index in [-0.39, 0.29) is 11.8 Å². The SMILES string of the molecule is CNC(=O)C1CN(CCc2c[nH]c3ccccc23)CCN1C(=O)c1cccn1C. The molecule has 1 saturated heterocycles. The number of amides is 2. The fraction of sp³-hybridized carbons (Fsp3) is 0.364. The van der Waals surface area contributed by atoms with E-state index in [1.807, 2.05) is 25.4 Å². The summed E-state index contributed by atoms with van der Waals surface area (Å²) >= 11 is 0. The number of carbonyl (C=O) groups excluding carboxylic acids is 2. The van der Waals surface area contributed by atoms with E-state index in [1.165, 1.54) is 10.9 Å². The van der Waals surface area contributed by atoms with Crippen LogP contribution in [0, 0.1) is 0 Å². The molecule has 2 amide bonds. The quantitative estimate of drug-likeness (QED) is 0.692. The lowest BCUT2D eigenvalue weighted by atomic mass is 10.1.